The number of fused-ring (bicyclic) bond motifs is 1. The number of nitrogens with one attached hydrogen (secondary N) is 1. The summed E-state index contributed by atoms with van der Waals surface area (Å²) in [7, 11) is 3.22. The largest absolute Gasteiger partial charge is 0.497 e. The highest BCUT2D eigenvalue weighted by Gasteiger charge is 2.13. The van der Waals surface area contributed by atoms with Crippen LogP contribution in [0.15, 0.2) is 66.9 Å². The number of hydrogen-bond donors (Lipinski definition) is 1. The van der Waals surface area contributed by atoms with Gasteiger partial charge in [-0.3, -0.25) is 4.79 Å². The van der Waals surface area contributed by atoms with Crippen molar-refractivity contribution >= 4 is 22.4 Å². The molecule has 1 heterocycles. The maximum atomic E-state index is 13.0. The number of carbonyl (C=O) groups excluding carboxylic acids is 1. The van der Waals surface area contributed by atoms with Crippen LogP contribution >= 0.6 is 0 Å². The van der Waals surface area contributed by atoms with E-state index in [0.29, 0.717) is 17.0 Å². The molecule has 0 radical (unpaired) electrons. The number of hydrogen-bond acceptors (Lipinski definition) is 5. The second kappa shape index (κ2) is 8.83. The van der Waals surface area contributed by atoms with Crippen LogP contribution in [0.5, 0.6) is 11.5 Å². The maximum Gasteiger partial charge on any atom is 0.255 e. The molecular weight excluding hydrogens is 390 g/mol. The number of carbonyl (C=O) groups is 1. The summed E-state index contributed by atoms with van der Waals surface area (Å²) >= 11 is 0. The molecule has 0 bridgehead atoms. The van der Waals surface area contributed by atoms with E-state index in [9.17, 15) is 4.79 Å². The minimum absolute atomic E-state index is 0.208. The molecule has 0 unspecified atom stereocenters. The molecule has 4 rings (SSSR count). The number of ether oxygens (including phenoxy) is 2. The molecule has 0 aliphatic heterocycles. The number of amides is 1. The number of nitrogens with zero attached hydrogens (tertiary/aromatic N) is 2. The van der Waals surface area contributed by atoms with Gasteiger partial charge in [-0.2, -0.15) is 0 Å². The molecule has 0 saturated heterocycles. The van der Waals surface area contributed by atoms with Gasteiger partial charge in [0, 0.05) is 34.8 Å². The highest BCUT2D eigenvalue weighted by molar-refractivity contribution is 6.10. The van der Waals surface area contributed by atoms with Crippen LogP contribution in [-0.4, -0.2) is 30.1 Å². The van der Waals surface area contributed by atoms with E-state index >= 15 is 0 Å². The Balaban J connectivity index is 1.79. The first kappa shape index (κ1) is 20.3. The summed E-state index contributed by atoms with van der Waals surface area (Å²) in [4.78, 5) is 21.9. The topological polar surface area (TPSA) is 73.3 Å². The van der Waals surface area contributed by atoms with E-state index in [2.05, 4.69) is 21.4 Å². The van der Waals surface area contributed by atoms with Gasteiger partial charge in [-0.25, -0.2) is 9.97 Å². The van der Waals surface area contributed by atoms with Gasteiger partial charge in [0.05, 0.1) is 19.9 Å². The predicted molar refractivity (Wildman–Crippen MR) is 122 cm³/mol. The van der Waals surface area contributed by atoms with Crippen molar-refractivity contribution in [3.05, 3.63) is 78.2 Å². The molecule has 3 aromatic carbocycles. The van der Waals surface area contributed by atoms with Crippen molar-refractivity contribution in [2.75, 3.05) is 19.5 Å². The van der Waals surface area contributed by atoms with Crippen molar-refractivity contribution in [2.45, 2.75) is 13.3 Å². The highest BCUT2D eigenvalue weighted by Crippen LogP contribution is 2.33. The molecule has 1 aromatic heterocycles. The van der Waals surface area contributed by atoms with E-state index < -0.39 is 0 Å². The molecular formula is C25H23N3O3. The van der Waals surface area contributed by atoms with Gasteiger partial charge in [-0.1, -0.05) is 13.0 Å². The van der Waals surface area contributed by atoms with Crippen LogP contribution in [0.4, 0.5) is 5.69 Å². The molecule has 156 valence electrons. The van der Waals surface area contributed by atoms with E-state index in [1.165, 1.54) is 0 Å². The number of aryl methyl sites for hydroxylation is 1. The second-order valence-corrected chi connectivity index (χ2v) is 7.01. The van der Waals surface area contributed by atoms with Crippen LogP contribution < -0.4 is 14.8 Å². The Bertz CT molecular complexity index is 1240. The number of anilines is 1. The summed E-state index contributed by atoms with van der Waals surface area (Å²) in [5, 5.41) is 4.91. The third kappa shape index (κ3) is 4.33. The van der Waals surface area contributed by atoms with Crippen LogP contribution in [0.3, 0.4) is 0 Å². The average molecular weight is 413 g/mol. The minimum Gasteiger partial charge on any atom is -0.497 e. The lowest BCUT2D eigenvalue weighted by Crippen LogP contribution is -2.12. The van der Waals surface area contributed by atoms with Gasteiger partial charge in [0.25, 0.3) is 5.91 Å². The molecule has 6 nitrogen and oxygen atoms in total. The summed E-state index contributed by atoms with van der Waals surface area (Å²) in [5.74, 6) is 1.98. The van der Waals surface area contributed by atoms with Crippen molar-refractivity contribution < 1.29 is 14.3 Å². The van der Waals surface area contributed by atoms with Crippen LogP contribution in [0.25, 0.3) is 22.0 Å². The van der Waals surface area contributed by atoms with Crippen molar-refractivity contribution in [3.8, 4) is 22.8 Å². The molecule has 0 spiro atoms. The first-order chi connectivity index (χ1) is 15.1. The average Bonchev–Trinajstić information content (AvgIpc) is 2.83. The molecule has 0 aliphatic rings. The standard InChI is InChI=1S/C25H23N3O3/c1-4-24-26-12-11-22(27-24)18-13-17-7-10-20(31-3)15-21(17)23(14-18)28-25(29)16-5-8-19(30-2)9-6-16/h5-15H,4H2,1-3H3,(H,28,29). The third-order valence-corrected chi connectivity index (χ3v) is 5.08. The van der Waals surface area contributed by atoms with Gasteiger partial charge >= 0.3 is 0 Å². The van der Waals surface area contributed by atoms with Gasteiger partial charge in [0.15, 0.2) is 0 Å². The number of benzene rings is 3. The summed E-state index contributed by atoms with van der Waals surface area (Å²) in [5.41, 5.74) is 2.94. The number of aromatic nitrogens is 2. The Morgan fingerprint density at radius 3 is 2.39 bits per heavy atom. The normalized spacial score (nSPS) is 10.7. The summed E-state index contributed by atoms with van der Waals surface area (Å²) in [6, 6.07) is 18.7. The van der Waals surface area contributed by atoms with Crippen molar-refractivity contribution in [2.24, 2.45) is 0 Å². The third-order valence-electron chi connectivity index (χ3n) is 5.08. The van der Waals surface area contributed by atoms with Crippen molar-refractivity contribution in [3.63, 3.8) is 0 Å². The first-order valence-electron chi connectivity index (χ1n) is 10.0. The van der Waals surface area contributed by atoms with Gasteiger partial charge in [-0.15, -0.1) is 0 Å². The van der Waals surface area contributed by atoms with E-state index in [1.54, 1.807) is 44.7 Å². The summed E-state index contributed by atoms with van der Waals surface area (Å²) in [6.45, 7) is 2.02. The molecule has 31 heavy (non-hydrogen) atoms. The van der Waals surface area contributed by atoms with Crippen LogP contribution in [-0.2, 0) is 6.42 Å². The van der Waals surface area contributed by atoms with Crippen LogP contribution in [0.1, 0.15) is 23.1 Å². The Kier molecular flexibility index (Phi) is 5.80. The Hall–Kier alpha value is -3.93. The molecule has 0 fully saturated rings. The monoisotopic (exact) mass is 413 g/mol. The van der Waals surface area contributed by atoms with E-state index in [1.807, 2.05) is 37.3 Å². The maximum absolute atomic E-state index is 13.0. The molecule has 6 heteroatoms. The Labute approximate surface area is 180 Å². The molecule has 1 amide bonds. The lowest BCUT2D eigenvalue weighted by atomic mass is 10.0. The SMILES string of the molecule is CCc1nccc(-c2cc(NC(=O)c3ccc(OC)cc3)c3cc(OC)ccc3c2)n1. The molecule has 0 saturated carbocycles. The summed E-state index contributed by atoms with van der Waals surface area (Å²) in [6.07, 6.45) is 2.51. The van der Waals surface area contributed by atoms with E-state index in [0.717, 1.165) is 40.0 Å². The fourth-order valence-electron chi connectivity index (χ4n) is 3.38. The molecule has 0 aliphatic carbocycles. The predicted octanol–water partition coefficient (Wildman–Crippen LogP) is 5.13. The van der Waals surface area contributed by atoms with Crippen molar-refractivity contribution in [1.82, 2.24) is 9.97 Å². The number of rotatable bonds is 6. The zero-order valence-corrected chi connectivity index (χ0v) is 17.7. The van der Waals surface area contributed by atoms with Gasteiger partial charge in [0.1, 0.15) is 17.3 Å². The lowest BCUT2D eigenvalue weighted by molar-refractivity contribution is 0.102. The molecule has 1 N–H and O–H groups in total. The molecule has 4 aromatic rings. The summed E-state index contributed by atoms with van der Waals surface area (Å²) < 4.78 is 10.6. The second-order valence-electron chi connectivity index (χ2n) is 7.01. The first-order valence-corrected chi connectivity index (χ1v) is 10.0. The van der Waals surface area contributed by atoms with Gasteiger partial charge in [-0.05, 0) is 60.0 Å². The molecule has 0 atom stereocenters. The minimum atomic E-state index is -0.208. The lowest BCUT2D eigenvalue weighted by Gasteiger charge is -2.13. The zero-order valence-electron chi connectivity index (χ0n) is 17.7. The Morgan fingerprint density at radius 1 is 0.935 bits per heavy atom. The quantitative estimate of drug-likeness (QED) is 0.474. The van der Waals surface area contributed by atoms with E-state index in [4.69, 9.17) is 9.47 Å². The van der Waals surface area contributed by atoms with Crippen LogP contribution in [0.2, 0.25) is 0 Å². The fourth-order valence-corrected chi connectivity index (χ4v) is 3.38. The smallest absolute Gasteiger partial charge is 0.255 e. The van der Waals surface area contributed by atoms with Gasteiger partial charge in [0.2, 0.25) is 0 Å². The van der Waals surface area contributed by atoms with Crippen LogP contribution in [0, 0.1) is 0 Å². The zero-order chi connectivity index (χ0) is 21.8. The number of methoxy groups -OCH3 is 2. The Morgan fingerprint density at radius 2 is 1.68 bits per heavy atom. The van der Waals surface area contributed by atoms with E-state index in [-0.39, 0.29) is 5.91 Å². The van der Waals surface area contributed by atoms with Crippen molar-refractivity contribution in [1.29, 1.82) is 0 Å². The fraction of sp³-hybridized carbons (Fsp3) is 0.160. The highest BCUT2D eigenvalue weighted by atomic mass is 16.5. The van der Waals surface area contributed by atoms with Gasteiger partial charge < -0.3 is 14.8 Å².